The average molecular weight is 288 g/mol. The van der Waals surface area contributed by atoms with E-state index in [0.29, 0.717) is 6.04 Å². The number of carbonyl (C=O) groups is 1. The summed E-state index contributed by atoms with van der Waals surface area (Å²) >= 11 is 0. The highest BCUT2D eigenvalue weighted by molar-refractivity contribution is 5.96. The van der Waals surface area contributed by atoms with Gasteiger partial charge in [0.05, 0.1) is 0 Å². The van der Waals surface area contributed by atoms with Gasteiger partial charge in [0.25, 0.3) is 0 Å². The Morgan fingerprint density at radius 2 is 2.05 bits per heavy atom. The van der Waals surface area contributed by atoms with Crippen LogP contribution in [0.15, 0.2) is 24.3 Å². The Balaban J connectivity index is 2.07. The van der Waals surface area contributed by atoms with E-state index >= 15 is 0 Å². The highest BCUT2D eigenvalue weighted by atomic mass is 16.2. The Labute approximate surface area is 128 Å². The number of rotatable bonds is 5. The third kappa shape index (κ3) is 3.85. The highest BCUT2D eigenvalue weighted by Gasteiger charge is 2.30. The second-order valence-corrected chi connectivity index (χ2v) is 6.53. The second-order valence-electron chi connectivity index (χ2n) is 6.53. The standard InChI is InChI=1S/C18H28N2O/c1-13(7-6-8-14(2)19)18(21)20-15(3)11-12-16-9-4-5-10-17(16)20/h4-5,9-10,13-15H,6-8,11-12,19H2,1-3H3. The molecule has 0 bridgehead atoms. The predicted octanol–water partition coefficient (Wildman–Crippen LogP) is 3.51. The van der Waals surface area contributed by atoms with Gasteiger partial charge < -0.3 is 10.6 Å². The van der Waals surface area contributed by atoms with Gasteiger partial charge in [0.15, 0.2) is 0 Å². The number of amides is 1. The zero-order valence-electron chi connectivity index (χ0n) is 13.5. The molecule has 1 aliphatic heterocycles. The van der Waals surface area contributed by atoms with Crippen LogP contribution in [0.25, 0.3) is 0 Å². The van der Waals surface area contributed by atoms with Crippen LogP contribution in [0.5, 0.6) is 0 Å². The third-order valence-electron chi connectivity index (χ3n) is 4.48. The smallest absolute Gasteiger partial charge is 0.230 e. The summed E-state index contributed by atoms with van der Waals surface area (Å²) in [6.45, 7) is 6.23. The summed E-state index contributed by atoms with van der Waals surface area (Å²) in [5.41, 5.74) is 8.20. The van der Waals surface area contributed by atoms with Crippen LogP contribution in [-0.4, -0.2) is 18.0 Å². The minimum absolute atomic E-state index is 0.0670. The molecule has 1 aliphatic rings. The van der Waals surface area contributed by atoms with Crippen molar-refractivity contribution in [2.75, 3.05) is 4.90 Å². The molecule has 0 aromatic heterocycles. The summed E-state index contributed by atoms with van der Waals surface area (Å²) in [4.78, 5) is 14.9. The van der Waals surface area contributed by atoms with Gasteiger partial charge in [-0.1, -0.05) is 31.5 Å². The van der Waals surface area contributed by atoms with E-state index in [-0.39, 0.29) is 17.9 Å². The van der Waals surface area contributed by atoms with Gasteiger partial charge in [-0.25, -0.2) is 0 Å². The molecule has 0 fully saturated rings. The maximum atomic E-state index is 12.8. The molecule has 116 valence electrons. The number of para-hydroxylation sites is 1. The van der Waals surface area contributed by atoms with Gasteiger partial charge in [-0.2, -0.15) is 0 Å². The van der Waals surface area contributed by atoms with Crippen LogP contribution < -0.4 is 10.6 Å². The number of benzene rings is 1. The van der Waals surface area contributed by atoms with Gasteiger partial charge >= 0.3 is 0 Å². The average Bonchev–Trinajstić information content (AvgIpc) is 2.46. The molecular formula is C18H28N2O. The van der Waals surface area contributed by atoms with Gasteiger partial charge in [0, 0.05) is 23.7 Å². The first-order chi connectivity index (χ1) is 10.0. The van der Waals surface area contributed by atoms with Crippen molar-refractivity contribution in [3.05, 3.63) is 29.8 Å². The predicted molar refractivity (Wildman–Crippen MR) is 88.4 cm³/mol. The van der Waals surface area contributed by atoms with Crippen molar-refractivity contribution in [3.63, 3.8) is 0 Å². The Morgan fingerprint density at radius 3 is 2.76 bits per heavy atom. The summed E-state index contributed by atoms with van der Waals surface area (Å²) in [6, 6.07) is 8.83. The number of nitrogens with zero attached hydrogens (tertiary/aromatic N) is 1. The van der Waals surface area contributed by atoms with Crippen molar-refractivity contribution in [2.45, 2.75) is 65.0 Å². The normalized spacial score (nSPS) is 20.8. The van der Waals surface area contributed by atoms with E-state index in [1.807, 2.05) is 24.8 Å². The van der Waals surface area contributed by atoms with Gasteiger partial charge in [-0.15, -0.1) is 0 Å². The van der Waals surface area contributed by atoms with E-state index in [0.717, 1.165) is 37.8 Å². The van der Waals surface area contributed by atoms with Gasteiger partial charge in [-0.3, -0.25) is 4.79 Å². The summed E-state index contributed by atoms with van der Waals surface area (Å²) in [5, 5.41) is 0. The summed E-state index contributed by atoms with van der Waals surface area (Å²) in [5.74, 6) is 0.330. The fourth-order valence-corrected chi connectivity index (χ4v) is 3.13. The lowest BCUT2D eigenvalue weighted by molar-refractivity contribution is -0.122. The molecule has 3 atom stereocenters. The maximum Gasteiger partial charge on any atom is 0.230 e. The Bertz CT molecular complexity index is 484. The van der Waals surface area contributed by atoms with Crippen LogP contribution in [0.4, 0.5) is 5.69 Å². The lowest BCUT2D eigenvalue weighted by atomic mass is 9.93. The summed E-state index contributed by atoms with van der Waals surface area (Å²) < 4.78 is 0. The first-order valence-corrected chi connectivity index (χ1v) is 8.17. The lowest BCUT2D eigenvalue weighted by Crippen LogP contribution is -2.44. The number of hydrogen-bond donors (Lipinski definition) is 1. The van der Waals surface area contributed by atoms with Gasteiger partial charge in [0.2, 0.25) is 5.91 Å². The first kappa shape index (κ1) is 16.0. The molecule has 3 unspecified atom stereocenters. The molecule has 0 saturated carbocycles. The maximum absolute atomic E-state index is 12.8. The minimum Gasteiger partial charge on any atom is -0.328 e. The molecule has 0 aliphatic carbocycles. The van der Waals surface area contributed by atoms with Crippen LogP contribution in [0.1, 0.15) is 52.0 Å². The minimum atomic E-state index is 0.0670. The number of nitrogens with two attached hydrogens (primary N) is 1. The molecule has 3 nitrogen and oxygen atoms in total. The molecular weight excluding hydrogens is 260 g/mol. The molecule has 0 spiro atoms. The summed E-state index contributed by atoms with van der Waals surface area (Å²) in [6.07, 6.45) is 5.06. The molecule has 1 aromatic carbocycles. The zero-order valence-corrected chi connectivity index (χ0v) is 13.5. The van der Waals surface area contributed by atoms with E-state index in [4.69, 9.17) is 5.73 Å². The van der Waals surface area contributed by atoms with Crippen molar-refractivity contribution < 1.29 is 4.79 Å². The fourth-order valence-electron chi connectivity index (χ4n) is 3.13. The molecule has 1 amide bonds. The molecule has 0 radical (unpaired) electrons. The van der Waals surface area contributed by atoms with Crippen molar-refractivity contribution >= 4 is 11.6 Å². The van der Waals surface area contributed by atoms with Crippen molar-refractivity contribution in [1.29, 1.82) is 0 Å². The van der Waals surface area contributed by atoms with Crippen LogP contribution in [0.2, 0.25) is 0 Å². The largest absolute Gasteiger partial charge is 0.328 e. The monoisotopic (exact) mass is 288 g/mol. The summed E-state index contributed by atoms with van der Waals surface area (Å²) in [7, 11) is 0. The topological polar surface area (TPSA) is 46.3 Å². The molecule has 2 rings (SSSR count). The second kappa shape index (κ2) is 7.08. The molecule has 1 heterocycles. The first-order valence-electron chi connectivity index (χ1n) is 8.17. The number of hydrogen-bond acceptors (Lipinski definition) is 2. The van der Waals surface area contributed by atoms with E-state index in [1.54, 1.807) is 0 Å². The highest BCUT2D eigenvalue weighted by Crippen LogP contribution is 2.32. The van der Waals surface area contributed by atoms with Crippen LogP contribution in [-0.2, 0) is 11.2 Å². The molecule has 3 heteroatoms. The van der Waals surface area contributed by atoms with E-state index in [9.17, 15) is 4.79 Å². The lowest BCUT2D eigenvalue weighted by Gasteiger charge is -2.37. The molecule has 0 saturated heterocycles. The van der Waals surface area contributed by atoms with E-state index in [1.165, 1.54) is 5.56 Å². The Kier molecular flexibility index (Phi) is 5.40. The quantitative estimate of drug-likeness (QED) is 0.901. The number of anilines is 1. The van der Waals surface area contributed by atoms with Crippen molar-refractivity contribution in [1.82, 2.24) is 0 Å². The number of carbonyl (C=O) groups excluding carboxylic acids is 1. The van der Waals surface area contributed by atoms with Crippen molar-refractivity contribution in [3.8, 4) is 0 Å². The fraction of sp³-hybridized carbons (Fsp3) is 0.611. The molecule has 2 N–H and O–H groups in total. The zero-order chi connectivity index (χ0) is 15.4. The van der Waals surface area contributed by atoms with E-state index in [2.05, 4.69) is 25.1 Å². The Hall–Kier alpha value is -1.35. The third-order valence-corrected chi connectivity index (χ3v) is 4.48. The van der Waals surface area contributed by atoms with Crippen LogP contribution in [0.3, 0.4) is 0 Å². The van der Waals surface area contributed by atoms with Gasteiger partial charge in [-0.05, 0) is 51.2 Å². The molecule has 1 aromatic rings. The SMILES string of the molecule is CC(N)CCCC(C)C(=O)N1c2ccccc2CCC1C. The Morgan fingerprint density at radius 1 is 1.33 bits per heavy atom. The number of fused-ring (bicyclic) bond motifs is 1. The van der Waals surface area contributed by atoms with E-state index < -0.39 is 0 Å². The number of aryl methyl sites for hydroxylation is 1. The van der Waals surface area contributed by atoms with Crippen molar-refractivity contribution in [2.24, 2.45) is 11.7 Å². The van der Waals surface area contributed by atoms with Crippen LogP contribution in [0, 0.1) is 5.92 Å². The van der Waals surface area contributed by atoms with Crippen LogP contribution >= 0.6 is 0 Å². The molecule has 21 heavy (non-hydrogen) atoms. The van der Waals surface area contributed by atoms with Gasteiger partial charge in [0.1, 0.15) is 0 Å².